The summed E-state index contributed by atoms with van der Waals surface area (Å²) in [6.45, 7) is 3.15. The third-order valence-corrected chi connectivity index (χ3v) is 6.06. The Morgan fingerprint density at radius 1 is 1.00 bits per heavy atom. The molecule has 3 aromatic rings. The molecule has 1 amide bonds. The normalized spacial score (nSPS) is 17.3. The number of para-hydroxylation sites is 2. The van der Waals surface area contributed by atoms with Crippen LogP contribution in [0.4, 0.5) is 5.95 Å². The Kier molecular flexibility index (Phi) is 4.30. The van der Waals surface area contributed by atoms with Gasteiger partial charge in [0.25, 0.3) is 0 Å². The predicted octanol–water partition coefficient (Wildman–Crippen LogP) is 3.34. The molecule has 2 aliphatic rings. The number of anilines is 1. The van der Waals surface area contributed by atoms with E-state index in [1.807, 2.05) is 23.1 Å². The van der Waals surface area contributed by atoms with Crippen LogP contribution in [0.25, 0.3) is 11.0 Å². The van der Waals surface area contributed by atoms with Gasteiger partial charge in [0.1, 0.15) is 0 Å². The third-order valence-electron chi connectivity index (χ3n) is 6.06. The number of aromatic nitrogens is 2. The van der Waals surface area contributed by atoms with E-state index >= 15 is 0 Å². The first-order valence-corrected chi connectivity index (χ1v) is 10.2. The minimum atomic E-state index is 0.226. The molecule has 1 aliphatic heterocycles. The van der Waals surface area contributed by atoms with E-state index in [0.717, 1.165) is 54.6 Å². The number of hydrogen-bond donors (Lipinski definition) is 0. The van der Waals surface area contributed by atoms with Crippen LogP contribution in [0, 0.1) is 0 Å². The molecule has 0 bridgehead atoms. The highest BCUT2D eigenvalue weighted by Crippen LogP contribution is 2.39. The average molecular weight is 374 g/mol. The molecule has 0 N–H and O–H groups in total. The zero-order valence-corrected chi connectivity index (χ0v) is 16.3. The van der Waals surface area contributed by atoms with E-state index < -0.39 is 0 Å². The summed E-state index contributed by atoms with van der Waals surface area (Å²) in [5.41, 5.74) is 4.71. The van der Waals surface area contributed by atoms with Crippen molar-refractivity contribution >= 4 is 22.9 Å². The molecule has 1 aromatic heterocycles. The van der Waals surface area contributed by atoms with Crippen LogP contribution < -0.4 is 4.90 Å². The predicted molar refractivity (Wildman–Crippen MR) is 112 cm³/mol. The number of amides is 1. The lowest BCUT2D eigenvalue weighted by atomic mass is 10.1. The molecule has 1 saturated heterocycles. The highest BCUT2D eigenvalue weighted by Gasteiger charge is 2.25. The van der Waals surface area contributed by atoms with Gasteiger partial charge in [0.05, 0.1) is 17.5 Å². The summed E-state index contributed by atoms with van der Waals surface area (Å²) in [5.74, 6) is 1.98. The van der Waals surface area contributed by atoms with E-state index in [9.17, 15) is 4.79 Å². The van der Waals surface area contributed by atoms with Crippen molar-refractivity contribution < 1.29 is 4.79 Å². The molecule has 5 rings (SSSR count). The van der Waals surface area contributed by atoms with Crippen LogP contribution >= 0.6 is 0 Å². The van der Waals surface area contributed by atoms with Crippen LogP contribution in [0.2, 0.25) is 0 Å². The number of aryl methyl sites for hydroxylation is 1. The maximum absolute atomic E-state index is 12.7. The van der Waals surface area contributed by atoms with Crippen molar-refractivity contribution in [1.29, 1.82) is 0 Å². The van der Waals surface area contributed by atoms with Crippen molar-refractivity contribution in [2.24, 2.45) is 7.05 Å². The Balaban J connectivity index is 1.21. The van der Waals surface area contributed by atoms with E-state index in [4.69, 9.17) is 4.98 Å². The maximum Gasteiger partial charge on any atom is 0.227 e. The number of piperazine rings is 1. The van der Waals surface area contributed by atoms with E-state index in [0.29, 0.717) is 6.42 Å². The lowest BCUT2D eigenvalue weighted by Crippen LogP contribution is -2.49. The number of carbonyl (C=O) groups excluding carboxylic acids is 1. The van der Waals surface area contributed by atoms with Crippen LogP contribution in [0.3, 0.4) is 0 Å². The molecule has 144 valence electrons. The monoisotopic (exact) mass is 374 g/mol. The Labute approximate surface area is 165 Å². The molecule has 0 spiro atoms. The number of fused-ring (bicyclic) bond motifs is 1. The van der Waals surface area contributed by atoms with Gasteiger partial charge in [0, 0.05) is 33.2 Å². The first-order valence-electron chi connectivity index (χ1n) is 10.2. The molecule has 2 fully saturated rings. The van der Waals surface area contributed by atoms with Crippen LogP contribution in [0.1, 0.15) is 29.9 Å². The summed E-state index contributed by atoms with van der Waals surface area (Å²) in [6, 6.07) is 16.9. The van der Waals surface area contributed by atoms with Crippen molar-refractivity contribution in [3.8, 4) is 0 Å². The summed E-state index contributed by atoms with van der Waals surface area (Å²) in [6.07, 6.45) is 3.12. The van der Waals surface area contributed by atoms with Crippen LogP contribution in [-0.2, 0) is 18.3 Å². The van der Waals surface area contributed by atoms with Gasteiger partial charge in [-0.15, -0.1) is 0 Å². The number of rotatable bonds is 4. The molecule has 0 radical (unpaired) electrons. The SMILES string of the molecule is Cn1c(N2CCN(C(=O)Cc3ccc(C4CC4)cc3)CC2)nc2ccccc21. The zero-order chi connectivity index (χ0) is 19.1. The van der Waals surface area contributed by atoms with Gasteiger partial charge in [0.15, 0.2) is 0 Å². The fourth-order valence-corrected chi connectivity index (χ4v) is 4.18. The van der Waals surface area contributed by atoms with E-state index in [1.54, 1.807) is 0 Å². The fraction of sp³-hybridized carbons (Fsp3) is 0.391. The Morgan fingerprint density at radius 3 is 2.39 bits per heavy atom. The lowest BCUT2D eigenvalue weighted by Gasteiger charge is -2.35. The molecular weight excluding hydrogens is 348 g/mol. The van der Waals surface area contributed by atoms with Crippen LogP contribution in [-0.4, -0.2) is 46.5 Å². The van der Waals surface area contributed by atoms with Crippen molar-refractivity contribution in [2.75, 3.05) is 31.1 Å². The first kappa shape index (κ1) is 17.3. The molecule has 5 heteroatoms. The Hall–Kier alpha value is -2.82. The lowest BCUT2D eigenvalue weighted by molar-refractivity contribution is -0.130. The highest BCUT2D eigenvalue weighted by molar-refractivity contribution is 5.80. The minimum Gasteiger partial charge on any atom is -0.339 e. The van der Waals surface area contributed by atoms with Crippen molar-refractivity contribution in [3.63, 3.8) is 0 Å². The summed E-state index contributed by atoms with van der Waals surface area (Å²) < 4.78 is 2.15. The molecule has 2 aromatic carbocycles. The Morgan fingerprint density at radius 2 is 1.71 bits per heavy atom. The summed E-state index contributed by atoms with van der Waals surface area (Å²) in [7, 11) is 2.06. The second kappa shape index (κ2) is 6.97. The smallest absolute Gasteiger partial charge is 0.227 e. The standard InChI is InChI=1S/C23H26N4O/c1-25-21-5-3-2-4-20(21)24-23(25)27-14-12-26(13-15-27)22(28)16-17-6-8-18(9-7-17)19-10-11-19/h2-9,19H,10-16H2,1H3. The third kappa shape index (κ3) is 3.26. The number of hydrogen-bond acceptors (Lipinski definition) is 3. The Bertz CT molecular complexity index is 995. The van der Waals surface area contributed by atoms with Crippen LogP contribution in [0.5, 0.6) is 0 Å². The summed E-state index contributed by atoms with van der Waals surface area (Å²) in [5, 5.41) is 0. The average Bonchev–Trinajstić information content (AvgIpc) is 3.53. The first-order chi connectivity index (χ1) is 13.7. The summed E-state index contributed by atoms with van der Waals surface area (Å²) in [4.78, 5) is 21.8. The number of nitrogens with zero attached hydrogens (tertiary/aromatic N) is 4. The van der Waals surface area contributed by atoms with Gasteiger partial charge in [-0.1, -0.05) is 36.4 Å². The molecule has 0 unspecified atom stereocenters. The van der Waals surface area contributed by atoms with E-state index in [1.165, 1.54) is 18.4 Å². The maximum atomic E-state index is 12.7. The van der Waals surface area contributed by atoms with Gasteiger partial charge in [-0.2, -0.15) is 0 Å². The van der Waals surface area contributed by atoms with Crippen molar-refractivity contribution in [2.45, 2.75) is 25.2 Å². The van der Waals surface area contributed by atoms with Gasteiger partial charge < -0.3 is 14.4 Å². The van der Waals surface area contributed by atoms with Gasteiger partial charge in [-0.3, -0.25) is 4.79 Å². The van der Waals surface area contributed by atoms with Gasteiger partial charge in [0.2, 0.25) is 11.9 Å². The highest BCUT2D eigenvalue weighted by atomic mass is 16.2. The van der Waals surface area contributed by atoms with Crippen molar-refractivity contribution in [3.05, 3.63) is 59.7 Å². The second-order valence-electron chi connectivity index (χ2n) is 8.02. The fourth-order valence-electron chi connectivity index (χ4n) is 4.18. The number of benzene rings is 2. The van der Waals surface area contributed by atoms with Crippen LogP contribution in [0.15, 0.2) is 48.5 Å². The molecule has 28 heavy (non-hydrogen) atoms. The number of imidazole rings is 1. The molecule has 1 saturated carbocycles. The molecule has 5 nitrogen and oxygen atoms in total. The molecule has 0 atom stereocenters. The van der Waals surface area contributed by atoms with Gasteiger partial charge in [-0.25, -0.2) is 4.98 Å². The van der Waals surface area contributed by atoms with E-state index in [-0.39, 0.29) is 5.91 Å². The minimum absolute atomic E-state index is 0.226. The number of carbonyl (C=O) groups is 1. The van der Waals surface area contributed by atoms with E-state index in [2.05, 4.69) is 46.8 Å². The topological polar surface area (TPSA) is 41.4 Å². The molecule has 2 heterocycles. The molecular formula is C23H26N4O. The van der Waals surface area contributed by atoms with Gasteiger partial charge >= 0.3 is 0 Å². The van der Waals surface area contributed by atoms with Crippen molar-refractivity contribution in [1.82, 2.24) is 14.5 Å². The quantitative estimate of drug-likeness (QED) is 0.703. The molecule has 1 aliphatic carbocycles. The van der Waals surface area contributed by atoms with Gasteiger partial charge in [-0.05, 0) is 42.0 Å². The second-order valence-corrected chi connectivity index (χ2v) is 8.02. The largest absolute Gasteiger partial charge is 0.339 e. The zero-order valence-electron chi connectivity index (χ0n) is 16.3. The summed E-state index contributed by atoms with van der Waals surface area (Å²) >= 11 is 0.